The number of hydroxylamine groups is 1. The van der Waals surface area contributed by atoms with Crippen LogP contribution in [-0.2, 0) is 27.5 Å². The number of alkyl carbamates (subject to hydrolysis) is 1. The number of nitrogens with zero attached hydrogens (tertiary/aromatic N) is 2. The predicted octanol–water partition coefficient (Wildman–Crippen LogP) is 4.49. The Morgan fingerprint density at radius 3 is 2.62 bits per heavy atom. The van der Waals surface area contributed by atoms with Crippen molar-refractivity contribution in [2.24, 2.45) is 0 Å². The van der Waals surface area contributed by atoms with E-state index in [1.54, 1.807) is 39.0 Å². The van der Waals surface area contributed by atoms with Crippen LogP contribution in [0.15, 0.2) is 42.6 Å². The standard InChI is InChI=1S/C27H32ClF2N5O5/c1-17(36)35(32-13-19-6-5-7-23(30)24(19)28)22(14-31-26(38)40-27(2,3)4)16-39-33-25(37)34-11-10-18-12-21(29)9-8-20(18)15-34/h5-12,22,32H,13-16H2,1-4H3,(H,31,38)(H,33,37)/t22-/m0/s1. The van der Waals surface area contributed by atoms with E-state index in [4.69, 9.17) is 21.2 Å². The molecule has 216 valence electrons. The third-order valence-corrected chi connectivity index (χ3v) is 6.06. The average Bonchev–Trinajstić information content (AvgIpc) is 2.87. The van der Waals surface area contributed by atoms with Crippen LogP contribution in [0.25, 0.3) is 6.08 Å². The maximum absolute atomic E-state index is 13.9. The first-order chi connectivity index (χ1) is 18.8. The summed E-state index contributed by atoms with van der Waals surface area (Å²) in [7, 11) is 0. The fourth-order valence-corrected chi connectivity index (χ4v) is 3.95. The molecule has 0 spiro atoms. The molecule has 2 aromatic rings. The van der Waals surface area contributed by atoms with Crippen LogP contribution in [0.3, 0.4) is 0 Å². The van der Waals surface area contributed by atoms with E-state index >= 15 is 0 Å². The summed E-state index contributed by atoms with van der Waals surface area (Å²) in [6, 6.07) is 7.15. The maximum Gasteiger partial charge on any atom is 0.407 e. The number of hydrogen-bond acceptors (Lipinski definition) is 6. The lowest BCUT2D eigenvalue weighted by molar-refractivity contribution is -0.137. The van der Waals surface area contributed by atoms with Gasteiger partial charge in [-0.15, -0.1) is 0 Å². The molecule has 3 N–H and O–H groups in total. The molecule has 0 fully saturated rings. The summed E-state index contributed by atoms with van der Waals surface area (Å²) in [6.45, 7) is 6.24. The van der Waals surface area contributed by atoms with Crippen LogP contribution in [0.1, 0.15) is 44.4 Å². The second kappa shape index (κ2) is 13.6. The van der Waals surface area contributed by atoms with Gasteiger partial charge in [0.05, 0.1) is 24.2 Å². The van der Waals surface area contributed by atoms with Crippen molar-refractivity contribution in [2.45, 2.75) is 52.4 Å². The number of amides is 4. The van der Waals surface area contributed by atoms with E-state index in [9.17, 15) is 23.2 Å². The topological polar surface area (TPSA) is 112 Å². The van der Waals surface area contributed by atoms with E-state index in [1.807, 2.05) is 0 Å². The average molecular weight is 580 g/mol. The van der Waals surface area contributed by atoms with Crippen molar-refractivity contribution < 1.29 is 32.7 Å². The lowest BCUT2D eigenvalue weighted by Gasteiger charge is -2.32. The summed E-state index contributed by atoms with van der Waals surface area (Å²) in [5.41, 5.74) is 6.28. The number of benzene rings is 2. The number of nitrogens with one attached hydrogen (secondary N) is 3. The predicted molar refractivity (Wildman–Crippen MR) is 144 cm³/mol. The van der Waals surface area contributed by atoms with Crippen LogP contribution in [-0.4, -0.2) is 52.7 Å². The van der Waals surface area contributed by atoms with Crippen molar-refractivity contribution in [1.29, 1.82) is 0 Å². The molecule has 40 heavy (non-hydrogen) atoms. The quantitative estimate of drug-likeness (QED) is 0.377. The molecule has 4 amide bonds. The molecule has 0 radical (unpaired) electrons. The molecule has 1 aliphatic heterocycles. The number of carbonyl (C=O) groups is 3. The van der Waals surface area contributed by atoms with Gasteiger partial charge in [0.15, 0.2) is 0 Å². The second-order valence-electron chi connectivity index (χ2n) is 9.98. The Balaban J connectivity index is 1.66. The van der Waals surface area contributed by atoms with Gasteiger partial charge >= 0.3 is 12.1 Å². The van der Waals surface area contributed by atoms with Crippen LogP contribution in [0.2, 0.25) is 5.02 Å². The van der Waals surface area contributed by atoms with Gasteiger partial charge in [0, 0.05) is 26.2 Å². The molecule has 0 aliphatic carbocycles. The van der Waals surface area contributed by atoms with Gasteiger partial charge in [-0.25, -0.2) is 29.3 Å². The van der Waals surface area contributed by atoms with Gasteiger partial charge in [-0.1, -0.05) is 29.8 Å². The van der Waals surface area contributed by atoms with Gasteiger partial charge in [0.2, 0.25) is 5.91 Å². The highest BCUT2D eigenvalue weighted by Gasteiger charge is 2.26. The van der Waals surface area contributed by atoms with Gasteiger partial charge in [-0.05, 0) is 61.7 Å². The Morgan fingerprint density at radius 2 is 1.93 bits per heavy atom. The molecule has 3 rings (SSSR count). The van der Waals surface area contributed by atoms with Crippen molar-refractivity contribution in [3.8, 4) is 0 Å². The SMILES string of the molecule is CC(=O)N(NCc1cccc(F)c1Cl)[C@@H](CNC(=O)OC(C)(C)C)CONC(=O)N1C=Cc2cc(F)ccc2C1. The van der Waals surface area contributed by atoms with Crippen molar-refractivity contribution >= 4 is 35.7 Å². The second-order valence-corrected chi connectivity index (χ2v) is 10.4. The van der Waals surface area contributed by atoms with Gasteiger partial charge in [-0.3, -0.25) is 19.5 Å². The first kappa shape index (κ1) is 30.8. The molecule has 1 aliphatic rings. The number of halogens is 3. The first-order valence-electron chi connectivity index (χ1n) is 12.4. The van der Waals surface area contributed by atoms with Gasteiger partial charge in [0.1, 0.15) is 17.2 Å². The molecular weight excluding hydrogens is 548 g/mol. The Morgan fingerprint density at radius 1 is 1.18 bits per heavy atom. The third kappa shape index (κ3) is 8.90. The third-order valence-electron chi connectivity index (χ3n) is 5.64. The number of ether oxygens (including phenoxy) is 1. The van der Waals surface area contributed by atoms with Crippen LogP contribution in [0.4, 0.5) is 18.4 Å². The van der Waals surface area contributed by atoms with E-state index in [0.29, 0.717) is 11.1 Å². The summed E-state index contributed by atoms with van der Waals surface area (Å²) in [6.07, 6.45) is 2.38. The fraction of sp³-hybridized carbons (Fsp3) is 0.370. The molecule has 0 saturated heterocycles. The molecule has 1 heterocycles. The molecule has 0 unspecified atom stereocenters. The molecule has 10 nitrogen and oxygen atoms in total. The normalized spacial score (nSPS) is 13.3. The summed E-state index contributed by atoms with van der Waals surface area (Å²) in [5, 5.41) is 3.68. The lowest BCUT2D eigenvalue weighted by atomic mass is 10.0. The molecule has 1 atom stereocenters. The number of urea groups is 1. The number of rotatable bonds is 9. The number of hydrazine groups is 1. The highest BCUT2D eigenvalue weighted by molar-refractivity contribution is 6.31. The Hall–Kier alpha value is -3.74. The van der Waals surface area contributed by atoms with Crippen LogP contribution in [0, 0.1) is 11.6 Å². The Labute approximate surface area is 236 Å². The van der Waals surface area contributed by atoms with Crippen LogP contribution >= 0.6 is 11.6 Å². The Bertz CT molecular complexity index is 1270. The molecule has 0 aromatic heterocycles. The summed E-state index contributed by atoms with van der Waals surface area (Å²) < 4.78 is 32.6. The minimum Gasteiger partial charge on any atom is -0.444 e. The van der Waals surface area contributed by atoms with Crippen molar-refractivity contribution in [3.63, 3.8) is 0 Å². The van der Waals surface area contributed by atoms with E-state index in [-0.39, 0.29) is 37.1 Å². The highest BCUT2D eigenvalue weighted by atomic mass is 35.5. The zero-order chi connectivity index (χ0) is 29.4. The zero-order valence-electron chi connectivity index (χ0n) is 22.6. The van der Waals surface area contributed by atoms with Crippen molar-refractivity contribution in [3.05, 3.63) is 75.9 Å². The van der Waals surface area contributed by atoms with Gasteiger partial charge in [0.25, 0.3) is 0 Å². The maximum atomic E-state index is 13.9. The van der Waals surface area contributed by atoms with E-state index in [0.717, 1.165) is 5.56 Å². The largest absolute Gasteiger partial charge is 0.444 e. The van der Waals surface area contributed by atoms with Crippen LogP contribution in [0.5, 0.6) is 0 Å². The minimum atomic E-state index is -0.835. The van der Waals surface area contributed by atoms with Gasteiger partial charge < -0.3 is 10.1 Å². The molecule has 13 heteroatoms. The molecule has 0 saturated carbocycles. The van der Waals surface area contributed by atoms with Gasteiger partial charge in [-0.2, -0.15) is 0 Å². The number of fused-ring (bicyclic) bond motifs is 1. The van der Waals surface area contributed by atoms with Crippen molar-refractivity contribution in [1.82, 2.24) is 26.1 Å². The number of hydrogen-bond donors (Lipinski definition) is 3. The zero-order valence-corrected chi connectivity index (χ0v) is 23.4. The molecular formula is C27H32ClF2N5O5. The molecule has 2 aromatic carbocycles. The summed E-state index contributed by atoms with van der Waals surface area (Å²) in [5.74, 6) is -1.43. The Kier molecular flexibility index (Phi) is 10.4. The summed E-state index contributed by atoms with van der Waals surface area (Å²) in [4.78, 5) is 44.3. The summed E-state index contributed by atoms with van der Waals surface area (Å²) >= 11 is 6.04. The van der Waals surface area contributed by atoms with E-state index in [1.165, 1.54) is 47.3 Å². The first-order valence-corrected chi connectivity index (χ1v) is 12.8. The molecule has 0 bridgehead atoms. The van der Waals surface area contributed by atoms with E-state index in [2.05, 4.69) is 16.2 Å². The van der Waals surface area contributed by atoms with Crippen molar-refractivity contribution in [2.75, 3.05) is 13.2 Å². The smallest absolute Gasteiger partial charge is 0.407 e. The fourth-order valence-electron chi connectivity index (χ4n) is 3.76. The lowest BCUT2D eigenvalue weighted by Crippen LogP contribution is -2.55. The minimum absolute atomic E-state index is 0.00988. The highest BCUT2D eigenvalue weighted by Crippen LogP contribution is 2.21. The number of carbonyl (C=O) groups excluding carboxylic acids is 3. The monoisotopic (exact) mass is 579 g/mol. The van der Waals surface area contributed by atoms with Crippen LogP contribution < -0.4 is 16.2 Å². The van der Waals surface area contributed by atoms with E-state index < -0.39 is 35.5 Å².